The zero-order chi connectivity index (χ0) is 14.7. The maximum Gasteiger partial charge on any atom is 0.363 e. The number of cyclic esters (lactones) is 1. The molecule has 1 aliphatic heterocycles. The lowest BCUT2D eigenvalue weighted by molar-refractivity contribution is -0.130. The van der Waals surface area contributed by atoms with Crippen LogP contribution in [0.1, 0.15) is 11.1 Å². The fraction of sp³-hybridized carbons (Fsp3) is 0.0588. The van der Waals surface area contributed by atoms with Crippen LogP contribution in [0.25, 0.3) is 6.08 Å². The number of hydrogen-bond donors (Lipinski definition) is 0. The van der Waals surface area contributed by atoms with Gasteiger partial charge in [-0.3, -0.25) is 0 Å². The number of esters is 1. The SMILES string of the molecule is O=C1OC(Cc2ccccc2)=N/C1=C/c1cccc(F)c1. The van der Waals surface area contributed by atoms with Gasteiger partial charge in [-0.15, -0.1) is 0 Å². The van der Waals surface area contributed by atoms with Gasteiger partial charge in [0.2, 0.25) is 5.90 Å². The molecule has 104 valence electrons. The summed E-state index contributed by atoms with van der Waals surface area (Å²) in [6.07, 6.45) is 1.97. The standard InChI is InChI=1S/C17H12FNO2/c18-14-8-4-7-13(9-14)10-15-17(20)21-16(19-15)11-12-5-2-1-3-6-12/h1-10H,11H2/b15-10+. The predicted molar refractivity (Wildman–Crippen MR) is 78.1 cm³/mol. The molecule has 0 aromatic heterocycles. The van der Waals surface area contributed by atoms with Crippen molar-refractivity contribution in [1.29, 1.82) is 0 Å². The van der Waals surface area contributed by atoms with E-state index in [2.05, 4.69) is 4.99 Å². The first-order valence-corrected chi connectivity index (χ1v) is 6.52. The maximum absolute atomic E-state index is 13.1. The van der Waals surface area contributed by atoms with Crippen molar-refractivity contribution >= 4 is 17.9 Å². The molecule has 4 heteroatoms. The van der Waals surface area contributed by atoms with Gasteiger partial charge in [0.25, 0.3) is 0 Å². The van der Waals surface area contributed by atoms with E-state index in [9.17, 15) is 9.18 Å². The monoisotopic (exact) mass is 281 g/mol. The Hall–Kier alpha value is -2.75. The first kappa shape index (κ1) is 13.2. The summed E-state index contributed by atoms with van der Waals surface area (Å²) >= 11 is 0. The topological polar surface area (TPSA) is 38.7 Å². The van der Waals surface area contributed by atoms with Crippen LogP contribution in [0.4, 0.5) is 4.39 Å². The normalized spacial score (nSPS) is 16.0. The van der Waals surface area contributed by atoms with Crippen molar-refractivity contribution in [2.45, 2.75) is 6.42 Å². The molecule has 0 radical (unpaired) electrons. The van der Waals surface area contributed by atoms with Crippen LogP contribution in [0.5, 0.6) is 0 Å². The Morgan fingerprint density at radius 1 is 1.10 bits per heavy atom. The smallest absolute Gasteiger partial charge is 0.363 e. The van der Waals surface area contributed by atoms with Crippen LogP contribution in [0.2, 0.25) is 0 Å². The van der Waals surface area contributed by atoms with Gasteiger partial charge in [0.05, 0.1) is 0 Å². The van der Waals surface area contributed by atoms with E-state index in [0.717, 1.165) is 5.56 Å². The molecule has 1 heterocycles. The minimum Gasteiger partial charge on any atom is -0.406 e. The second-order valence-electron chi connectivity index (χ2n) is 4.64. The van der Waals surface area contributed by atoms with Crippen LogP contribution in [0.15, 0.2) is 65.3 Å². The lowest BCUT2D eigenvalue weighted by Gasteiger charge is -1.98. The Balaban J connectivity index is 1.82. The second kappa shape index (κ2) is 5.71. The van der Waals surface area contributed by atoms with Crippen LogP contribution in [0, 0.1) is 5.82 Å². The number of benzene rings is 2. The number of aliphatic imine (C=N–C) groups is 1. The highest BCUT2D eigenvalue weighted by Gasteiger charge is 2.22. The molecular formula is C17H12FNO2. The highest BCUT2D eigenvalue weighted by molar-refractivity contribution is 6.07. The molecule has 0 bridgehead atoms. The lowest BCUT2D eigenvalue weighted by Crippen LogP contribution is -2.06. The Labute approximate surface area is 121 Å². The van der Waals surface area contributed by atoms with Crippen molar-refractivity contribution in [3.63, 3.8) is 0 Å². The predicted octanol–water partition coefficient (Wildman–Crippen LogP) is 3.36. The van der Waals surface area contributed by atoms with E-state index in [-0.39, 0.29) is 11.5 Å². The first-order valence-electron chi connectivity index (χ1n) is 6.52. The van der Waals surface area contributed by atoms with Crippen LogP contribution >= 0.6 is 0 Å². The van der Waals surface area contributed by atoms with Gasteiger partial charge in [-0.05, 0) is 29.3 Å². The highest BCUT2D eigenvalue weighted by atomic mass is 19.1. The van der Waals surface area contributed by atoms with Crippen molar-refractivity contribution in [2.24, 2.45) is 4.99 Å². The van der Waals surface area contributed by atoms with Gasteiger partial charge >= 0.3 is 5.97 Å². The zero-order valence-corrected chi connectivity index (χ0v) is 11.1. The lowest BCUT2D eigenvalue weighted by atomic mass is 10.1. The Morgan fingerprint density at radius 2 is 1.90 bits per heavy atom. The van der Waals surface area contributed by atoms with Gasteiger partial charge in [0, 0.05) is 6.42 Å². The molecule has 2 aromatic carbocycles. The van der Waals surface area contributed by atoms with Gasteiger partial charge in [0.1, 0.15) is 5.82 Å². The fourth-order valence-electron chi connectivity index (χ4n) is 2.05. The molecule has 2 aromatic rings. The summed E-state index contributed by atoms with van der Waals surface area (Å²) in [5.41, 5.74) is 1.77. The molecule has 0 saturated carbocycles. The molecule has 3 rings (SSSR count). The number of nitrogens with zero attached hydrogens (tertiary/aromatic N) is 1. The second-order valence-corrected chi connectivity index (χ2v) is 4.64. The van der Waals surface area contributed by atoms with Gasteiger partial charge in [-0.25, -0.2) is 14.2 Å². The molecule has 3 nitrogen and oxygen atoms in total. The largest absolute Gasteiger partial charge is 0.406 e. The first-order chi connectivity index (χ1) is 10.2. The van der Waals surface area contributed by atoms with Crippen molar-refractivity contribution in [3.05, 3.63) is 77.2 Å². The van der Waals surface area contributed by atoms with E-state index in [1.807, 2.05) is 30.3 Å². The Morgan fingerprint density at radius 3 is 2.67 bits per heavy atom. The van der Waals surface area contributed by atoms with E-state index in [1.165, 1.54) is 18.2 Å². The number of halogens is 1. The third-order valence-electron chi connectivity index (χ3n) is 3.02. The summed E-state index contributed by atoms with van der Waals surface area (Å²) in [6.45, 7) is 0. The number of carbonyl (C=O) groups excluding carboxylic acids is 1. The average molecular weight is 281 g/mol. The quantitative estimate of drug-likeness (QED) is 0.639. The zero-order valence-electron chi connectivity index (χ0n) is 11.1. The summed E-state index contributed by atoms with van der Waals surface area (Å²) in [5.74, 6) is -0.511. The average Bonchev–Trinajstić information content (AvgIpc) is 2.80. The van der Waals surface area contributed by atoms with Crippen molar-refractivity contribution < 1.29 is 13.9 Å². The Kier molecular flexibility index (Phi) is 3.60. The maximum atomic E-state index is 13.1. The van der Waals surface area contributed by atoms with Gasteiger partial charge in [-0.1, -0.05) is 42.5 Å². The minimum atomic E-state index is -0.509. The number of carbonyl (C=O) groups is 1. The third-order valence-corrected chi connectivity index (χ3v) is 3.02. The van der Waals surface area contributed by atoms with Gasteiger partial charge in [-0.2, -0.15) is 0 Å². The third kappa shape index (κ3) is 3.23. The molecule has 0 atom stereocenters. The van der Waals surface area contributed by atoms with Crippen molar-refractivity contribution in [3.8, 4) is 0 Å². The molecular weight excluding hydrogens is 269 g/mol. The molecule has 0 unspecified atom stereocenters. The molecule has 1 aliphatic rings. The highest BCUT2D eigenvalue weighted by Crippen LogP contribution is 2.18. The summed E-state index contributed by atoms with van der Waals surface area (Å²) in [4.78, 5) is 15.9. The van der Waals surface area contributed by atoms with Gasteiger partial charge < -0.3 is 4.74 Å². The van der Waals surface area contributed by atoms with Crippen LogP contribution < -0.4 is 0 Å². The molecule has 0 fully saturated rings. The number of rotatable bonds is 3. The van der Waals surface area contributed by atoms with E-state index in [0.29, 0.717) is 17.9 Å². The van der Waals surface area contributed by atoms with Crippen molar-refractivity contribution in [2.75, 3.05) is 0 Å². The molecule has 0 aliphatic carbocycles. The van der Waals surface area contributed by atoms with E-state index >= 15 is 0 Å². The molecule has 0 amide bonds. The fourth-order valence-corrected chi connectivity index (χ4v) is 2.05. The van der Waals surface area contributed by atoms with Crippen molar-refractivity contribution in [1.82, 2.24) is 0 Å². The summed E-state index contributed by atoms with van der Waals surface area (Å²) < 4.78 is 18.3. The van der Waals surface area contributed by atoms with E-state index < -0.39 is 5.97 Å². The number of ether oxygens (including phenoxy) is 1. The van der Waals surface area contributed by atoms with Gasteiger partial charge in [0.15, 0.2) is 5.70 Å². The van der Waals surface area contributed by atoms with Crippen LogP contribution in [-0.2, 0) is 16.0 Å². The molecule has 0 N–H and O–H groups in total. The summed E-state index contributed by atoms with van der Waals surface area (Å²) in [7, 11) is 0. The summed E-state index contributed by atoms with van der Waals surface area (Å²) in [5, 5.41) is 0. The van der Waals surface area contributed by atoms with E-state index in [4.69, 9.17) is 4.74 Å². The Bertz CT molecular complexity index is 735. The molecule has 0 spiro atoms. The minimum absolute atomic E-state index is 0.187. The molecule has 0 saturated heterocycles. The van der Waals surface area contributed by atoms with Crippen LogP contribution in [0.3, 0.4) is 0 Å². The summed E-state index contributed by atoms with van der Waals surface area (Å²) in [6, 6.07) is 15.6. The molecule has 21 heavy (non-hydrogen) atoms. The number of hydrogen-bond acceptors (Lipinski definition) is 3. The van der Waals surface area contributed by atoms with E-state index in [1.54, 1.807) is 12.1 Å². The van der Waals surface area contributed by atoms with Crippen LogP contribution in [-0.4, -0.2) is 11.9 Å².